The maximum atomic E-state index is 13.3. The molecule has 0 aliphatic carbocycles. The van der Waals surface area contributed by atoms with Crippen LogP contribution >= 0.6 is 0 Å². The van der Waals surface area contributed by atoms with E-state index < -0.39 is 35.3 Å². The van der Waals surface area contributed by atoms with Gasteiger partial charge in [-0.15, -0.1) is 0 Å². The van der Waals surface area contributed by atoms with E-state index in [9.17, 15) is 19.2 Å². The van der Waals surface area contributed by atoms with Gasteiger partial charge in [0, 0.05) is 6.42 Å². The molecule has 2 heterocycles. The lowest BCUT2D eigenvalue weighted by Gasteiger charge is -2.36. The second kappa shape index (κ2) is 7.31. The molecule has 1 fully saturated rings. The standard InChI is InChI=1S/C20H23N3O6/c1-11(24)10-20(2,3)23-16-14(15(21-23)19(27)29-5)17(25)22(18(16)26)12-6-8-13(28-4)9-7-12/h6-9,14,16H,10H2,1-5H3/t14-,16-/m0/s1. The molecule has 0 aromatic heterocycles. The van der Waals surface area contributed by atoms with Gasteiger partial charge in [-0.25, -0.2) is 9.69 Å². The van der Waals surface area contributed by atoms with Gasteiger partial charge in [0.15, 0.2) is 5.71 Å². The first-order valence-electron chi connectivity index (χ1n) is 9.10. The minimum atomic E-state index is -1.09. The second-order valence-corrected chi connectivity index (χ2v) is 7.65. The molecule has 2 aliphatic heterocycles. The van der Waals surface area contributed by atoms with Gasteiger partial charge in [0.05, 0.1) is 25.4 Å². The largest absolute Gasteiger partial charge is 0.497 e. The number of ether oxygens (including phenoxy) is 2. The number of Topliss-reactive ketones (excluding diaryl/α,β-unsaturated/α-hetero) is 1. The summed E-state index contributed by atoms with van der Waals surface area (Å²) >= 11 is 0. The third-order valence-electron chi connectivity index (χ3n) is 5.08. The van der Waals surface area contributed by atoms with E-state index in [0.717, 1.165) is 4.90 Å². The molecule has 0 unspecified atom stereocenters. The third kappa shape index (κ3) is 3.37. The predicted octanol–water partition coefficient (Wildman–Crippen LogP) is 1.16. The number of imide groups is 1. The number of ketones is 1. The Morgan fingerprint density at radius 3 is 2.24 bits per heavy atom. The van der Waals surface area contributed by atoms with Crippen molar-refractivity contribution in [2.24, 2.45) is 11.0 Å². The molecule has 0 saturated carbocycles. The highest BCUT2D eigenvalue weighted by Crippen LogP contribution is 2.40. The lowest BCUT2D eigenvalue weighted by atomic mass is 9.92. The van der Waals surface area contributed by atoms with Crippen molar-refractivity contribution in [3.05, 3.63) is 24.3 Å². The highest BCUT2D eigenvalue weighted by atomic mass is 16.5. The maximum Gasteiger partial charge on any atom is 0.355 e. The molecule has 9 nitrogen and oxygen atoms in total. The van der Waals surface area contributed by atoms with E-state index in [4.69, 9.17) is 9.47 Å². The molecular weight excluding hydrogens is 378 g/mol. The number of hydrogen-bond donors (Lipinski definition) is 0. The molecule has 0 N–H and O–H groups in total. The zero-order valence-corrected chi connectivity index (χ0v) is 17.0. The van der Waals surface area contributed by atoms with Crippen molar-refractivity contribution < 1.29 is 28.7 Å². The lowest BCUT2D eigenvalue weighted by Crippen LogP contribution is -2.50. The van der Waals surface area contributed by atoms with Crippen LogP contribution in [0.4, 0.5) is 5.69 Å². The molecule has 2 atom stereocenters. The monoisotopic (exact) mass is 401 g/mol. The summed E-state index contributed by atoms with van der Waals surface area (Å²) in [5.41, 5.74) is -0.650. The van der Waals surface area contributed by atoms with Crippen molar-refractivity contribution in [2.45, 2.75) is 38.8 Å². The molecule has 154 valence electrons. The molecule has 0 bridgehead atoms. The number of hydrazone groups is 1. The van der Waals surface area contributed by atoms with Crippen molar-refractivity contribution in [2.75, 3.05) is 19.1 Å². The summed E-state index contributed by atoms with van der Waals surface area (Å²) in [6.45, 7) is 4.91. The number of methoxy groups -OCH3 is 2. The second-order valence-electron chi connectivity index (χ2n) is 7.65. The molecule has 1 aromatic carbocycles. The smallest absolute Gasteiger partial charge is 0.355 e. The fraction of sp³-hybridized carbons (Fsp3) is 0.450. The summed E-state index contributed by atoms with van der Waals surface area (Å²) in [4.78, 5) is 51.5. The minimum Gasteiger partial charge on any atom is -0.497 e. The molecule has 2 amide bonds. The molecule has 29 heavy (non-hydrogen) atoms. The zero-order valence-electron chi connectivity index (χ0n) is 17.0. The summed E-state index contributed by atoms with van der Waals surface area (Å²) in [5.74, 6) is -2.46. The van der Waals surface area contributed by atoms with Gasteiger partial charge in [-0.2, -0.15) is 5.10 Å². The Balaban J connectivity index is 2.05. The number of benzene rings is 1. The van der Waals surface area contributed by atoms with Gasteiger partial charge >= 0.3 is 5.97 Å². The van der Waals surface area contributed by atoms with Crippen LogP contribution in [-0.2, 0) is 23.9 Å². The van der Waals surface area contributed by atoms with E-state index in [0.29, 0.717) is 11.4 Å². The molecule has 3 rings (SSSR count). The van der Waals surface area contributed by atoms with Crippen LogP contribution in [0.3, 0.4) is 0 Å². The van der Waals surface area contributed by atoms with E-state index >= 15 is 0 Å². The average Bonchev–Trinajstić information content (AvgIpc) is 3.18. The molecule has 0 radical (unpaired) electrons. The van der Waals surface area contributed by atoms with Crippen molar-refractivity contribution >= 4 is 35.0 Å². The molecular formula is C20H23N3O6. The fourth-order valence-electron chi connectivity index (χ4n) is 3.87. The summed E-state index contributed by atoms with van der Waals surface area (Å²) in [5, 5.41) is 5.66. The van der Waals surface area contributed by atoms with Crippen LogP contribution < -0.4 is 9.64 Å². The van der Waals surface area contributed by atoms with Crippen molar-refractivity contribution in [3.8, 4) is 5.75 Å². The van der Waals surface area contributed by atoms with Crippen LogP contribution in [0.5, 0.6) is 5.75 Å². The number of carbonyl (C=O) groups is 4. The van der Waals surface area contributed by atoms with E-state index in [1.54, 1.807) is 38.1 Å². The fourth-order valence-corrected chi connectivity index (χ4v) is 3.87. The van der Waals surface area contributed by atoms with Crippen LogP contribution in [-0.4, -0.2) is 60.1 Å². The van der Waals surface area contributed by atoms with Gasteiger partial charge < -0.3 is 9.47 Å². The predicted molar refractivity (Wildman–Crippen MR) is 103 cm³/mol. The molecule has 1 saturated heterocycles. The summed E-state index contributed by atoms with van der Waals surface area (Å²) < 4.78 is 9.89. The quantitative estimate of drug-likeness (QED) is 0.520. The topological polar surface area (TPSA) is 106 Å². The van der Waals surface area contributed by atoms with E-state index in [2.05, 4.69) is 5.10 Å². The normalized spacial score (nSPS) is 21.2. The zero-order chi connectivity index (χ0) is 21.5. The Morgan fingerprint density at radius 1 is 1.10 bits per heavy atom. The van der Waals surface area contributed by atoms with Crippen LogP contribution in [0.15, 0.2) is 29.4 Å². The number of nitrogens with zero attached hydrogens (tertiary/aromatic N) is 3. The minimum absolute atomic E-state index is 0.0954. The summed E-state index contributed by atoms with van der Waals surface area (Å²) in [7, 11) is 2.70. The Hall–Kier alpha value is -3.23. The first kappa shape index (κ1) is 20.5. The molecule has 2 aliphatic rings. The Morgan fingerprint density at radius 2 is 1.72 bits per heavy atom. The van der Waals surface area contributed by atoms with E-state index in [1.807, 2.05) is 0 Å². The number of anilines is 1. The third-order valence-corrected chi connectivity index (χ3v) is 5.08. The van der Waals surface area contributed by atoms with Gasteiger partial charge in [-0.1, -0.05) is 0 Å². The average molecular weight is 401 g/mol. The lowest BCUT2D eigenvalue weighted by molar-refractivity contribution is -0.133. The Labute approximate surface area is 168 Å². The highest BCUT2D eigenvalue weighted by molar-refractivity contribution is 6.46. The van der Waals surface area contributed by atoms with Gasteiger partial charge in [-0.3, -0.25) is 19.4 Å². The number of amides is 2. The van der Waals surface area contributed by atoms with Crippen LogP contribution in [0.2, 0.25) is 0 Å². The number of rotatable bonds is 6. The van der Waals surface area contributed by atoms with Gasteiger partial charge in [0.25, 0.3) is 5.91 Å². The van der Waals surface area contributed by atoms with Crippen LogP contribution in [0, 0.1) is 5.92 Å². The highest BCUT2D eigenvalue weighted by Gasteiger charge is 2.60. The van der Waals surface area contributed by atoms with Gasteiger partial charge in [-0.05, 0) is 45.0 Å². The molecule has 1 aromatic rings. The Bertz CT molecular complexity index is 905. The van der Waals surface area contributed by atoms with Crippen molar-refractivity contribution in [1.29, 1.82) is 0 Å². The van der Waals surface area contributed by atoms with E-state index in [1.165, 1.54) is 26.2 Å². The van der Waals surface area contributed by atoms with Crippen LogP contribution in [0.1, 0.15) is 27.2 Å². The first-order chi connectivity index (χ1) is 13.6. The number of hydrogen-bond acceptors (Lipinski definition) is 8. The maximum absolute atomic E-state index is 13.3. The van der Waals surface area contributed by atoms with Crippen molar-refractivity contribution in [3.63, 3.8) is 0 Å². The Kier molecular flexibility index (Phi) is 5.16. The molecule has 0 spiro atoms. The SMILES string of the molecule is COC(=O)C1=NN(C(C)(C)CC(C)=O)[C@@H]2C(=O)N(c3ccc(OC)cc3)C(=O)[C@@H]12. The first-order valence-corrected chi connectivity index (χ1v) is 9.10. The number of fused-ring (bicyclic) bond motifs is 1. The van der Waals surface area contributed by atoms with Gasteiger partial charge in [0.2, 0.25) is 5.91 Å². The summed E-state index contributed by atoms with van der Waals surface area (Å²) in [6.07, 6.45) is 0.0954. The van der Waals surface area contributed by atoms with Gasteiger partial charge in [0.1, 0.15) is 23.5 Å². The number of esters is 1. The molecule has 9 heteroatoms. The summed E-state index contributed by atoms with van der Waals surface area (Å²) in [6, 6.07) is 5.44. The number of carbonyl (C=O) groups excluding carboxylic acids is 4. The van der Waals surface area contributed by atoms with Crippen LogP contribution in [0.25, 0.3) is 0 Å². The van der Waals surface area contributed by atoms with E-state index in [-0.39, 0.29) is 17.9 Å². The van der Waals surface area contributed by atoms with Crippen molar-refractivity contribution in [1.82, 2.24) is 5.01 Å².